The number of hydrogen-bond donors (Lipinski definition) is 0. The number of nitriles is 1. The number of benzene rings is 1. The highest BCUT2D eigenvalue weighted by atomic mass is 32.2. The summed E-state index contributed by atoms with van der Waals surface area (Å²) in [4.78, 5) is 30.5. The van der Waals surface area contributed by atoms with E-state index in [9.17, 15) is 14.9 Å². The third-order valence-corrected chi connectivity index (χ3v) is 8.61. The molecule has 8 heteroatoms. The normalized spacial score (nSPS) is 17.8. The van der Waals surface area contributed by atoms with Crippen LogP contribution in [0.3, 0.4) is 0 Å². The molecule has 2 aromatic rings. The van der Waals surface area contributed by atoms with Crippen molar-refractivity contribution < 1.29 is 4.79 Å². The van der Waals surface area contributed by atoms with Crippen LogP contribution < -0.4 is 10.5 Å². The molecule has 1 aromatic carbocycles. The maximum absolute atomic E-state index is 13.4. The van der Waals surface area contributed by atoms with Gasteiger partial charge in [-0.15, -0.1) is 0 Å². The maximum Gasteiger partial charge on any atom is 0.270 e. The van der Waals surface area contributed by atoms with Crippen molar-refractivity contribution >= 4 is 46.1 Å². The van der Waals surface area contributed by atoms with Gasteiger partial charge in [-0.2, -0.15) is 5.26 Å². The number of amides is 1. The zero-order chi connectivity index (χ0) is 25.8. The quantitative estimate of drug-likeness (QED) is 0.373. The van der Waals surface area contributed by atoms with E-state index in [1.54, 1.807) is 11.6 Å². The van der Waals surface area contributed by atoms with Crippen LogP contribution in [0, 0.1) is 24.2 Å². The van der Waals surface area contributed by atoms with Crippen LogP contribution >= 0.6 is 24.0 Å². The number of unbranched alkanes of at least 4 members (excludes halogenated alkanes) is 1. The van der Waals surface area contributed by atoms with Crippen molar-refractivity contribution in [1.82, 2.24) is 9.47 Å². The van der Waals surface area contributed by atoms with Gasteiger partial charge < -0.3 is 4.90 Å². The Morgan fingerprint density at radius 1 is 1.19 bits per heavy atom. The fraction of sp³-hybridized carbons (Fsp3) is 0.429. The minimum absolute atomic E-state index is 0.145. The summed E-state index contributed by atoms with van der Waals surface area (Å²) >= 11 is 6.60. The van der Waals surface area contributed by atoms with E-state index in [1.807, 2.05) is 19.1 Å². The Morgan fingerprint density at radius 2 is 1.89 bits per heavy atom. The Hall–Kier alpha value is -2.89. The Labute approximate surface area is 222 Å². The van der Waals surface area contributed by atoms with Crippen LogP contribution in [-0.4, -0.2) is 39.8 Å². The summed E-state index contributed by atoms with van der Waals surface area (Å²) < 4.78 is 2.28. The Bertz CT molecular complexity index is 1290. The zero-order valence-corrected chi connectivity index (χ0v) is 22.8. The smallest absolute Gasteiger partial charge is 0.270 e. The van der Waals surface area contributed by atoms with Crippen molar-refractivity contribution in [1.29, 1.82) is 5.26 Å². The molecule has 1 amide bonds. The molecule has 1 aromatic heterocycles. The molecule has 0 saturated carbocycles. The van der Waals surface area contributed by atoms with Gasteiger partial charge in [0.25, 0.3) is 11.5 Å². The lowest BCUT2D eigenvalue weighted by Gasteiger charge is -2.36. The number of nitrogens with zero attached hydrogens (tertiary/aromatic N) is 4. The van der Waals surface area contributed by atoms with Gasteiger partial charge >= 0.3 is 0 Å². The van der Waals surface area contributed by atoms with Gasteiger partial charge in [0.1, 0.15) is 21.8 Å². The van der Waals surface area contributed by atoms with Crippen LogP contribution in [0.1, 0.15) is 54.9 Å². The minimum Gasteiger partial charge on any atom is -0.357 e. The molecule has 2 aliphatic rings. The summed E-state index contributed by atoms with van der Waals surface area (Å²) in [7, 11) is 1.67. The second-order valence-electron chi connectivity index (χ2n) is 9.52. The molecule has 2 aliphatic heterocycles. The van der Waals surface area contributed by atoms with Gasteiger partial charge in [-0.05, 0) is 55.7 Å². The largest absolute Gasteiger partial charge is 0.357 e. The first-order valence-electron chi connectivity index (χ1n) is 12.5. The van der Waals surface area contributed by atoms with E-state index in [0.29, 0.717) is 27.3 Å². The molecule has 6 nitrogen and oxygen atoms in total. The first-order valence-corrected chi connectivity index (χ1v) is 13.8. The number of pyridine rings is 1. The number of carbonyl (C=O) groups is 1. The molecule has 0 aliphatic carbocycles. The summed E-state index contributed by atoms with van der Waals surface area (Å²) in [6, 6.07) is 12.7. The van der Waals surface area contributed by atoms with Crippen molar-refractivity contribution in [3.05, 3.63) is 67.8 Å². The van der Waals surface area contributed by atoms with Gasteiger partial charge in [0.05, 0.1) is 4.91 Å². The first kappa shape index (κ1) is 26.2. The predicted octanol–water partition coefficient (Wildman–Crippen LogP) is 5.12. The van der Waals surface area contributed by atoms with Crippen molar-refractivity contribution in [2.24, 2.45) is 5.92 Å². The Balaban J connectivity index is 1.75. The lowest BCUT2D eigenvalue weighted by molar-refractivity contribution is -0.121. The molecular weight excluding hydrogens is 488 g/mol. The molecule has 0 bridgehead atoms. The number of carbonyl (C=O) groups excluding carboxylic acids is 1. The van der Waals surface area contributed by atoms with E-state index in [-0.39, 0.29) is 17.0 Å². The number of aromatic nitrogens is 1. The van der Waals surface area contributed by atoms with Crippen LogP contribution in [-0.2, 0) is 17.8 Å². The van der Waals surface area contributed by atoms with Gasteiger partial charge in [0.15, 0.2) is 0 Å². The van der Waals surface area contributed by atoms with E-state index in [4.69, 9.17) is 12.2 Å². The molecule has 0 atom stereocenters. The second kappa shape index (κ2) is 11.4. The lowest BCUT2D eigenvalue weighted by Crippen LogP contribution is -2.40. The fourth-order valence-corrected chi connectivity index (χ4v) is 6.14. The van der Waals surface area contributed by atoms with Crippen LogP contribution in [0.4, 0.5) is 5.82 Å². The third kappa shape index (κ3) is 5.28. The van der Waals surface area contributed by atoms with Crippen molar-refractivity contribution in [2.75, 3.05) is 25.0 Å². The van der Waals surface area contributed by atoms with Crippen LogP contribution in [0.5, 0.6) is 0 Å². The summed E-state index contributed by atoms with van der Waals surface area (Å²) in [6.07, 6.45) is 6.70. The highest BCUT2D eigenvalue weighted by Gasteiger charge is 2.31. The van der Waals surface area contributed by atoms with Crippen molar-refractivity contribution in [3.8, 4) is 6.07 Å². The topological polar surface area (TPSA) is 69.3 Å². The molecule has 0 N–H and O–H groups in total. The number of piperidine rings is 1. The number of thiocarbonyl (C=S) groups is 1. The van der Waals surface area contributed by atoms with Crippen molar-refractivity contribution in [2.45, 2.75) is 52.5 Å². The molecule has 3 heterocycles. The van der Waals surface area contributed by atoms with E-state index < -0.39 is 0 Å². The van der Waals surface area contributed by atoms with E-state index in [0.717, 1.165) is 56.6 Å². The lowest BCUT2D eigenvalue weighted by atomic mass is 9.90. The van der Waals surface area contributed by atoms with Gasteiger partial charge in [-0.1, -0.05) is 67.7 Å². The predicted molar refractivity (Wildman–Crippen MR) is 151 cm³/mol. The average Bonchev–Trinajstić information content (AvgIpc) is 3.12. The highest BCUT2D eigenvalue weighted by Crippen LogP contribution is 2.36. The monoisotopic (exact) mass is 520 g/mol. The fourth-order valence-electron chi connectivity index (χ4n) is 4.98. The summed E-state index contributed by atoms with van der Waals surface area (Å²) in [6.45, 7) is 6.09. The van der Waals surface area contributed by atoms with E-state index in [1.165, 1.54) is 22.2 Å². The number of hydrogen-bond acceptors (Lipinski definition) is 6. The molecular formula is C28H32N4O2S2. The second-order valence-corrected chi connectivity index (χ2v) is 11.2. The molecule has 2 fully saturated rings. The SMILES string of the molecule is CCCCn1c(N2CCC(Cc3ccccc3)CC2)c(/C=C2\SC(=S)N(C)C2=O)c(C)c(C#N)c1=O. The zero-order valence-electron chi connectivity index (χ0n) is 21.1. The molecule has 2 saturated heterocycles. The number of thioether (sulfide) groups is 1. The number of anilines is 1. The number of rotatable bonds is 7. The van der Waals surface area contributed by atoms with Crippen LogP contribution in [0.15, 0.2) is 40.0 Å². The number of likely N-dealkylation sites (N-methyl/N-ethyl adjacent to an activating group) is 1. The van der Waals surface area contributed by atoms with Gasteiger partial charge in [-0.25, -0.2) is 0 Å². The summed E-state index contributed by atoms with van der Waals surface area (Å²) in [5.74, 6) is 1.25. The van der Waals surface area contributed by atoms with Gasteiger partial charge in [-0.3, -0.25) is 19.1 Å². The van der Waals surface area contributed by atoms with E-state index in [2.05, 4.69) is 42.2 Å². The van der Waals surface area contributed by atoms with Crippen LogP contribution in [0.2, 0.25) is 0 Å². The highest BCUT2D eigenvalue weighted by molar-refractivity contribution is 8.26. The molecule has 4 rings (SSSR count). The first-order chi connectivity index (χ1) is 17.3. The Morgan fingerprint density at radius 3 is 2.47 bits per heavy atom. The summed E-state index contributed by atoms with van der Waals surface area (Å²) in [5.41, 5.74) is 2.65. The third-order valence-electron chi connectivity index (χ3n) is 7.12. The average molecular weight is 521 g/mol. The van der Waals surface area contributed by atoms with Gasteiger partial charge in [0, 0.05) is 32.2 Å². The van der Waals surface area contributed by atoms with Crippen LogP contribution in [0.25, 0.3) is 6.08 Å². The molecule has 0 spiro atoms. The van der Waals surface area contributed by atoms with Crippen molar-refractivity contribution in [3.63, 3.8) is 0 Å². The minimum atomic E-state index is -0.245. The van der Waals surface area contributed by atoms with E-state index >= 15 is 0 Å². The maximum atomic E-state index is 13.4. The molecule has 36 heavy (non-hydrogen) atoms. The standard InChI is InChI=1S/C28H32N4O2S2/c1-4-5-13-32-25(31-14-11-21(12-15-31)16-20-9-7-6-8-10-20)22(19(2)23(18-29)26(32)33)17-24-27(34)30(3)28(35)36-24/h6-10,17,21H,4-5,11-16H2,1-3H3/b24-17-. The molecule has 0 unspecified atom stereocenters. The molecule has 188 valence electrons. The molecule has 0 radical (unpaired) electrons. The van der Waals surface area contributed by atoms with Gasteiger partial charge in [0.2, 0.25) is 0 Å². The Kier molecular flexibility index (Phi) is 8.32. The summed E-state index contributed by atoms with van der Waals surface area (Å²) in [5, 5.41) is 9.85.